The smallest absolute Gasteiger partial charge is 0.331 e. The Morgan fingerprint density at radius 3 is 2.57 bits per heavy atom. The Bertz CT molecular complexity index is 697. The predicted octanol–water partition coefficient (Wildman–Crippen LogP) is 2.54. The predicted molar refractivity (Wildman–Crippen MR) is 79.9 cm³/mol. The van der Waals surface area contributed by atoms with Gasteiger partial charge in [0, 0.05) is 24.5 Å². The van der Waals surface area contributed by atoms with E-state index < -0.39 is 12.0 Å². The van der Waals surface area contributed by atoms with Gasteiger partial charge in [-0.15, -0.1) is 0 Å². The summed E-state index contributed by atoms with van der Waals surface area (Å²) >= 11 is 0. The van der Waals surface area contributed by atoms with Crippen LogP contribution in [0.4, 0.5) is 0 Å². The number of carbonyl (C=O) groups is 2. The first kappa shape index (κ1) is 15.0. The Balaban J connectivity index is 2.52. The molecule has 1 amide bonds. The number of likely N-dealkylation sites (N-methyl/N-ethyl adjacent to an activating group) is 1. The van der Waals surface area contributed by atoms with E-state index in [2.05, 4.69) is 4.98 Å². The molecule has 5 heteroatoms. The van der Waals surface area contributed by atoms with Crippen LogP contribution in [-0.4, -0.2) is 33.4 Å². The summed E-state index contributed by atoms with van der Waals surface area (Å²) in [5, 5.41) is 10.3. The molecule has 21 heavy (non-hydrogen) atoms. The first-order chi connectivity index (χ1) is 9.93. The average Bonchev–Trinajstić information content (AvgIpc) is 2.43. The molecule has 2 aromatic rings. The minimum absolute atomic E-state index is 0.257. The molecule has 0 aliphatic heterocycles. The summed E-state index contributed by atoms with van der Waals surface area (Å²) in [5.74, 6) is -1.29. The highest BCUT2D eigenvalue weighted by molar-refractivity contribution is 5.86. The van der Waals surface area contributed by atoms with E-state index in [1.165, 1.54) is 11.8 Å². The molecule has 5 nitrogen and oxygen atoms in total. The van der Waals surface area contributed by atoms with Crippen LogP contribution in [0.2, 0.25) is 0 Å². The quantitative estimate of drug-likeness (QED) is 0.937. The van der Waals surface area contributed by atoms with E-state index in [1.54, 1.807) is 25.1 Å². The number of amides is 1. The summed E-state index contributed by atoms with van der Waals surface area (Å²) in [5.41, 5.74) is 2.30. The van der Waals surface area contributed by atoms with Crippen LogP contribution in [0.3, 0.4) is 0 Å². The molecule has 0 bridgehead atoms. The summed E-state index contributed by atoms with van der Waals surface area (Å²) < 4.78 is 0. The van der Waals surface area contributed by atoms with Crippen LogP contribution in [-0.2, 0) is 9.59 Å². The second kappa shape index (κ2) is 5.91. The molecule has 110 valence electrons. The number of hydrogen-bond acceptors (Lipinski definition) is 3. The topological polar surface area (TPSA) is 70.5 Å². The van der Waals surface area contributed by atoms with E-state index in [0.717, 1.165) is 16.6 Å². The lowest BCUT2D eigenvalue weighted by Crippen LogP contribution is -2.37. The van der Waals surface area contributed by atoms with Gasteiger partial charge >= 0.3 is 5.97 Å². The minimum Gasteiger partial charge on any atom is -0.479 e. The van der Waals surface area contributed by atoms with Crippen molar-refractivity contribution >= 4 is 22.8 Å². The molecule has 1 atom stereocenters. The van der Waals surface area contributed by atoms with E-state index >= 15 is 0 Å². The molecule has 1 heterocycles. The van der Waals surface area contributed by atoms with Crippen molar-refractivity contribution in [2.75, 3.05) is 6.54 Å². The molecule has 1 aromatic carbocycles. The van der Waals surface area contributed by atoms with Crippen LogP contribution in [0.5, 0.6) is 0 Å². The Morgan fingerprint density at radius 1 is 1.29 bits per heavy atom. The molecule has 1 unspecified atom stereocenters. The summed E-state index contributed by atoms with van der Waals surface area (Å²) in [6.45, 7) is 5.40. The number of nitrogens with zero attached hydrogens (tertiary/aromatic N) is 2. The Morgan fingerprint density at radius 2 is 2.00 bits per heavy atom. The summed E-state index contributed by atoms with van der Waals surface area (Å²) in [6.07, 6.45) is 0. The van der Waals surface area contributed by atoms with Gasteiger partial charge in [0.15, 0.2) is 6.04 Å². The summed E-state index contributed by atoms with van der Waals surface area (Å²) in [4.78, 5) is 29.0. The van der Waals surface area contributed by atoms with Gasteiger partial charge in [0.1, 0.15) is 0 Å². The third kappa shape index (κ3) is 3.02. The van der Waals surface area contributed by atoms with Crippen molar-refractivity contribution in [3.8, 4) is 0 Å². The average molecular weight is 286 g/mol. The zero-order valence-corrected chi connectivity index (χ0v) is 12.3. The summed E-state index contributed by atoms with van der Waals surface area (Å²) in [7, 11) is 0. The van der Waals surface area contributed by atoms with Crippen molar-refractivity contribution in [1.82, 2.24) is 9.88 Å². The van der Waals surface area contributed by atoms with E-state index in [-0.39, 0.29) is 5.91 Å². The number of carbonyl (C=O) groups excluding carboxylic acids is 1. The lowest BCUT2D eigenvalue weighted by molar-refractivity contribution is -0.149. The van der Waals surface area contributed by atoms with Gasteiger partial charge in [-0.1, -0.05) is 12.1 Å². The van der Waals surface area contributed by atoms with Crippen LogP contribution < -0.4 is 0 Å². The fraction of sp³-hybridized carbons (Fsp3) is 0.312. The standard InChI is InChI=1S/C16H18N2O3/c1-4-18(11(3)19)15(16(20)21)13-7-8-14-12(9-13)6-5-10(2)17-14/h5-9,15H,4H2,1-3H3,(H,20,21). The SMILES string of the molecule is CCN(C(C)=O)C(C(=O)O)c1ccc2nc(C)ccc2c1. The number of rotatable bonds is 4. The lowest BCUT2D eigenvalue weighted by atomic mass is 10.0. The zero-order valence-electron chi connectivity index (χ0n) is 12.3. The second-order valence-electron chi connectivity index (χ2n) is 4.95. The number of aliphatic carboxylic acids is 1. The zero-order chi connectivity index (χ0) is 15.6. The van der Waals surface area contributed by atoms with Crippen molar-refractivity contribution in [2.24, 2.45) is 0 Å². The van der Waals surface area contributed by atoms with Crippen molar-refractivity contribution in [3.05, 3.63) is 41.6 Å². The van der Waals surface area contributed by atoms with Crippen molar-refractivity contribution in [3.63, 3.8) is 0 Å². The number of carboxylic acid groups (broad SMARTS) is 1. The molecule has 2 rings (SSSR count). The number of aryl methyl sites for hydroxylation is 1. The molecule has 1 aromatic heterocycles. The number of fused-ring (bicyclic) bond motifs is 1. The molecular weight excluding hydrogens is 268 g/mol. The molecule has 0 spiro atoms. The van der Waals surface area contributed by atoms with Gasteiger partial charge in [-0.3, -0.25) is 9.78 Å². The van der Waals surface area contributed by atoms with E-state index in [4.69, 9.17) is 0 Å². The molecule has 0 saturated carbocycles. The third-order valence-electron chi connectivity index (χ3n) is 3.46. The Kier molecular flexibility index (Phi) is 4.21. The van der Waals surface area contributed by atoms with Crippen molar-refractivity contribution in [2.45, 2.75) is 26.8 Å². The number of pyridine rings is 1. The highest BCUT2D eigenvalue weighted by Gasteiger charge is 2.28. The largest absolute Gasteiger partial charge is 0.479 e. The number of aromatic nitrogens is 1. The Hall–Kier alpha value is -2.43. The van der Waals surface area contributed by atoms with Gasteiger partial charge in [0.25, 0.3) is 0 Å². The molecule has 0 aliphatic rings. The van der Waals surface area contributed by atoms with Crippen LogP contribution >= 0.6 is 0 Å². The highest BCUT2D eigenvalue weighted by Crippen LogP contribution is 2.25. The van der Waals surface area contributed by atoms with Gasteiger partial charge < -0.3 is 10.0 Å². The third-order valence-corrected chi connectivity index (χ3v) is 3.46. The van der Waals surface area contributed by atoms with Crippen molar-refractivity contribution in [1.29, 1.82) is 0 Å². The van der Waals surface area contributed by atoms with Gasteiger partial charge in [0.2, 0.25) is 5.91 Å². The Labute approximate surface area is 123 Å². The molecule has 0 aliphatic carbocycles. The monoisotopic (exact) mass is 286 g/mol. The van der Waals surface area contributed by atoms with Crippen LogP contribution in [0.1, 0.15) is 31.1 Å². The maximum Gasteiger partial charge on any atom is 0.331 e. The van der Waals surface area contributed by atoms with Gasteiger partial charge in [-0.05, 0) is 37.6 Å². The van der Waals surface area contributed by atoms with E-state index in [1.807, 2.05) is 19.1 Å². The number of benzene rings is 1. The lowest BCUT2D eigenvalue weighted by Gasteiger charge is -2.27. The van der Waals surface area contributed by atoms with Gasteiger partial charge in [0.05, 0.1) is 5.52 Å². The van der Waals surface area contributed by atoms with Gasteiger partial charge in [-0.2, -0.15) is 0 Å². The molecule has 0 fully saturated rings. The molecular formula is C16H18N2O3. The fourth-order valence-electron chi connectivity index (χ4n) is 2.46. The maximum absolute atomic E-state index is 11.7. The van der Waals surface area contributed by atoms with Crippen LogP contribution in [0, 0.1) is 6.92 Å². The number of carboxylic acids is 1. The molecule has 0 radical (unpaired) electrons. The normalized spacial score (nSPS) is 12.1. The molecule has 1 N–H and O–H groups in total. The first-order valence-corrected chi connectivity index (χ1v) is 6.81. The van der Waals surface area contributed by atoms with Crippen LogP contribution in [0.25, 0.3) is 10.9 Å². The summed E-state index contributed by atoms with van der Waals surface area (Å²) in [6, 6.07) is 8.11. The number of hydrogen-bond donors (Lipinski definition) is 1. The fourth-order valence-corrected chi connectivity index (χ4v) is 2.46. The maximum atomic E-state index is 11.7. The van der Waals surface area contributed by atoms with E-state index in [9.17, 15) is 14.7 Å². The molecule has 0 saturated heterocycles. The highest BCUT2D eigenvalue weighted by atomic mass is 16.4. The first-order valence-electron chi connectivity index (χ1n) is 6.81. The second-order valence-corrected chi connectivity index (χ2v) is 4.95. The van der Waals surface area contributed by atoms with Gasteiger partial charge in [-0.25, -0.2) is 4.79 Å². The van der Waals surface area contributed by atoms with Crippen LogP contribution in [0.15, 0.2) is 30.3 Å². The van der Waals surface area contributed by atoms with Crippen molar-refractivity contribution < 1.29 is 14.7 Å². The van der Waals surface area contributed by atoms with E-state index in [0.29, 0.717) is 12.1 Å². The minimum atomic E-state index is -1.04.